The normalized spacial score (nSPS) is 16.0. The van der Waals surface area contributed by atoms with Crippen LogP contribution >= 0.6 is 0 Å². The minimum Gasteiger partial charge on any atom is -0.317 e. The fourth-order valence-electron chi connectivity index (χ4n) is 3.39. The van der Waals surface area contributed by atoms with Crippen LogP contribution in [0.15, 0.2) is 36.8 Å². The number of pyridine rings is 2. The molecule has 4 rings (SSSR count). The van der Waals surface area contributed by atoms with Crippen LogP contribution in [0.5, 0.6) is 0 Å². The van der Waals surface area contributed by atoms with E-state index < -0.39 is 0 Å². The Bertz CT molecular complexity index is 817. The molecule has 0 atom stereocenters. The average molecular weight is 307 g/mol. The van der Waals surface area contributed by atoms with Gasteiger partial charge >= 0.3 is 0 Å². The van der Waals surface area contributed by atoms with Gasteiger partial charge in [0.15, 0.2) is 0 Å². The summed E-state index contributed by atoms with van der Waals surface area (Å²) in [6.45, 7) is 4.25. The molecule has 0 unspecified atom stereocenters. The van der Waals surface area contributed by atoms with Crippen LogP contribution in [0.25, 0.3) is 22.2 Å². The number of piperidine rings is 1. The smallest absolute Gasteiger partial charge is 0.0869 e. The Kier molecular flexibility index (Phi) is 3.79. The van der Waals surface area contributed by atoms with Crippen LogP contribution in [0.2, 0.25) is 0 Å². The fourth-order valence-corrected chi connectivity index (χ4v) is 3.39. The van der Waals surface area contributed by atoms with E-state index in [0.29, 0.717) is 6.04 Å². The third-order valence-electron chi connectivity index (χ3n) is 4.64. The topological polar surface area (TPSA) is 55.6 Å². The molecular formula is C18H21N5. The largest absolute Gasteiger partial charge is 0.317 e. The summed E-state index contributed by atoms with van der Waals surface area (Å²) in [6.07, 6.45) is 8.93. The van der Waals surface area contributed by atoms with E-state index in [1.54, 1.807) is 0 Å². The highest BCUT2D eigenvalue weighted by atomic mass is 15.3. The van der Waals surface area contributed by atoms with Crippen molar-refractivity contribution in [2.75, 3.05) is 13.1 Å². The molecule has 0 radical (unpaired) electrons. The quantitative estimate of drug-likeness (QED) is 0.808. The summed E-state index contributed by atoms with van der Waals surface area (Å²) in [4.78, 5) is 9.16. The predicted octanol–water partition coefficient (Wildman–Crippen LogP) is 2.98. The Balaban J connectivity index is 1.75. The van der Waals surface area contributed by atoms with Gasteiger partial charge in [0.05, 0.1) is 29.6 Å². The summed E-state index contributed by atoms with van der Waals surface area (Å²) in [7, 11) is 0. The van der Waals surface area contributed by atoms with Crippen molar-refractivity contribution < 1.29 is 0 Å². The molecule has 1 fully saturated rings. The molecule has 118 valence electrons. The molecule has 0 bridgehead atoms. The number of fused-ring (bicyclic) bond motifs is 1. The van der Waals surface area contributed by atoms with Crippen molar-refractivity contribution >= 4 is 10.9 Å². The van der Waals surface area contributed by atoms with Gasteiger partial charge in [-0.1, -0.05) is 6.92 Å². The zero-order chi connectivity index (χ0) is 15.6. The van der Waals surface area contributed by atoms with E-state index in [0.717, 1.165) is 60.2 Å². The van der Waals surface area contributed by atoms with E-state index in [1.165, 1.54) is 0 Å². The van der Waals surface area contributed by atoms with Gasteiger partial charge in [0, 0.05) is 22.8 Å². The van der Waals surface area contributed by atoms with E-state index in [-0.39, 0.29) is 0 Å². The Hall–Kier alpha value is -2.27. The van der Waals surface area contributed by atoms with E-state index in [9.17, 15) is 0 Å². The third-order valence-corrected chi connectivity index (χ3v) is 4.64. The van der Waals surface area contributed by atoms with Crippen molar-refractivity contribution in [3.8, 4) is 11.3 Å². The Labute approximate surface area is 135 Å². The summed E-state index contributed by atoms with van der Waals surface area (Å²) in [5.41, 5.74) is 4.31. The number of rotatable bonds is 3. The highest BCUT2D eigenvalue weighted by Gasteiger charge is 2.18. The van der Waals surface area contributed by atoms with Crippen molar-refractivity contribution in [1.82, 2.24) is 25.1 Å². The number of nitrogens with one attached hydrogen (secondary N) is 1. The molecule has 23 heavy (non-hydrogen) atoms. The standard InChI is InChI=1S/C18H21N5/c1-2-16-15(4-3-7-20-16)17-10-13-11-22-23(18(13)12-21-17)14-5-8-19-9-6-14/h3-4,7,10-12,14,19H,2,5-6,8-9H2,1H3. The molecule has 1 N–H and O–H groups in total. The molecule has 4 heterocycles. The van der Waals surface area contributed by atoms with Gasteiger partial charge in [-0.05, 0) is 50.6 Å². The van der Waals surface area contributed by atoms with E-state index >= 15 is 0 Å². The summed E-state index contributed by atoms with van der Waals surface area (Å²) >= 11 is 0. The molecule has 1 aliphatic rings. The lowest BCUT2D eigenvalue weighted by Crippen LogP contribution is -2.29. The number of nitrogens with zero attached hydrogens (tertiary/aromatic N) is 4. The van der Waals surface area contributed by atoms with Crippen LogP contribution in [0, 0.1) is 0 Å². The molecule has 0 saturated carbocycles. The minimum absolute atomic E-state index is 0.478. The van der Waals surface area contributed by atoms with E-state index in [2.05, 4.69) is 39.1 Å². The van der Waals surface area contributed by atoms with Gasteiger partial charge < -0.3 is 5.32 Å². The number of hydrogen-bond acceptors (Lipinski definition) is 4. The summed E-state index contributed by atoms with van der Waals surface area (Å²) in [5.74, 6) is 0. The van der Waals surface area contributed by atoms with Crippen LogP contribution in [-0.2, 0) is 6.42 Å². The van der Waals surface area contributed by atoms with Crippen molar-refractivity contribution in [3.63, 3.8) is 0 Å². The van der Waals surface area contributed by atoms with Gasteiger partial charge in [0.2, 0.25) is 0 Å². The van der Waals surface area contributed by atoms with Gasteiger partial charge in [-0.3, -0.25) is 14.6 Å². The molecule has 0 aliphatic carbocycles. The van der Waals surface area contributed by atoms with Crippen LogP contribution in [0.3, 0.4) is 0 Å². The molecule has 0 spiro atoms. The lowest BCUT2D eigenvalue weighted by molar-refractivity contribution is 0.351. The first kappa shape index (κ1) is 14.3. The molecule has 1 saturated heterocycles. The molecule has 0 amide bonds. The van der Waals surface area contributed by atoms with Gasteiger partial charge in [-0.25, -0.2) is 0 Å². The number of aryl methyl sites for hydroxylation is 1. The third kappa shape index (κ3) is 2.61. The predicted molar refractivity (Wildman–Crippen MR) is 91.3 cm³/mol. The van der Waals surface area contributed by atoms with Crippen molar-refractivity contribution in [3.05, 3.63) is 42.5 Å². The summed E-state index contributed by atoms with van der Waals surface area (Å²) in [6, 6.07) is 6.68. The lowest BCUT2D eigenvalue weighted by Gasteiger charge is -2.23. The van der Waals surface area contributed by atoms with Gasteiger partial charge in [0.25, 0.3) is 0 Å². The first-order chi connectivity index (χ1) is 11.4. The Morgan fingerprint density at radius 1 is 1.22 bits per heavy atom. The lowest BCUT2D eigenvalue weighted by atomic mass is 10.1. The number of hydrogen-bond donors (Lipinski definition) is 1. The average Bonchev–Trinajstić information content (AvgIpc) is 3.05. The van der Waals surface area contributed by atoms with Gasteiger partial charge in [-0.2, -0.15) is 5.10 Å². The SMILES string of the molecule is CCc1ncccc1-c1cc2cnn(C3CCNCC3)c2cn1. The zero-order valence-electron chi connectivity index (χ0n) is 13.4. The van der Waals surface area contributed by atoms with E-state index in [4.69, 9.17) is 4.98 Å². The molecule has 5 heteroatoms. The Morgan fingerprint density at radius 3 is 2.91 bits per heavy atom. The molecule has 1 aliphatic heterocycles. The van der Waals surface area contributed by atoms with Crippen LogP contribution in [-0.4, -0.2) is 32.8 Å². The van der Waals surface area contributed by atoms with Gasteiger partial charge in [-0.15, -0.1) is 0 Å². The highest BCUT2D eigenvalue weighted by molar-refractivity contribution is 5.82. The van der Waals surface area contributed by atoms with Crippen molar-refractivity contribution in [2.45, 2.75) is 32.2 Å². The summed E-state index contributed by atoms with van der Waals surface area (Å²) in [5, 5.41) is 9.19. The van der Waals surface area contributed by atoms with Crippen LogP contribution < -0.4 is 5.32 Å². The second-order valence-corrected chi connectivity index (χ2v) is 6.05. The second-order valence-electron chi connectivity index (χ2n) is 6.05. The monoisotopic (exact) mass is 307 g/mol. The van der Waals surface area contributed by atoms with Crippen molar-refractivity contribution in [1.29, 1.82) is 0 Å². The minimum atomic E-state index is 0.478. The highest BCUT2D eigenvalue weighted by Crippen LogP contribution is 2.27. The molecular weight excluding hydrogens is 286 g/mol. The first-order valence-electron chi connectivity index (χ1n) is 8.35. The van der Waals surface area contributed by atoms with Crippen molar-refractivity contribution in [2.24, 2.45) is 0 Å². The summed E-state index contributed by atoms with van der Waals surface area (Å²) < 4.78 is 2.15. The van der Waals surface area contributed by atoms with Crippen LogP contribution in [0.4, 0.5) is 0 Å². The van der Waals surface area contributed by atoms with Crippen LogP contribution in [0.1, 0.15) is 31.5 Å². The first-order valence-corrected chi connectivity index (χ1v) is 8.35. The maximum absolute atomic E-state index is 4.70. The molecule has 0 aromatic carbocycles. The molecule has 5 nitrogen and oxygen atoms in total. The fraction of sp³-hybridized carbons (Fsp3) is 0.389. The zero-order valence-corrected chi connectivity index (χ0v) is 13.4. The second kappa shape index (κ2) is 6.08. The molecule has 3 aromatic rings. The Morgan fingerprint density at radius 2 is 2.09 bits per heavy atom. The maximum Gasteiger partial charge on any atom is 0.0869 e. The van der Waals surface area contributed by atoms with Gasteiger partial charge in [0.1, 0.15) is 0 Å². The van der Waals surface area contributed by atoms with E-state index in [1.807, 2.05) is 24.7 Å². The number of aromatic nitrogens is 4. The maximum atomic E-state index is 4.70. The molecule has 3 aromatic heterocycles.